The minimum atomic E-state index is -0.832. The first-order valence-corrected chi connectivity index (χ1v) is 14.0. The van der Waals surface area contributed by atoms with Crippen molar-refractivity contribution in [3.8, 4) is 6.07 Å². The van der Waals surface area contributed by atoms with E-state index < -0.39 is 22.9 Å². The van der Waals surface area contributed by atoms with E-state index in [0.29, 0.717) is 5.92 Å². The van der Waals surface area contributed by atoms with Gasteiger partial charge in [0.15, 0.2) is 5.78 Å². The summed E-state index contributed by atoms with van der Waals surface area (Å²) in [5.41, 5.74) is 1.72. The number of carboxylic acids is 1. The SMILES string of the molecule is CO[C@@]1(C)C2=CC=C3[C@@](C)(CC[C@@]4(C)[C@@H]5C[C@](C)(C(=O)O)CC[C@]5(C)CC[C@]34C)C2=CC(=O)C1CC#N. The number of hydrogen-bond donors (Lipinski definition) is 1. The number of carbonyl (C=O) groups is 2. The lowest BCUT2D eigenvalue weighted by atomic mass is 9.34. The highest BCUT2D eigenvalue weighted by atomic mass is 16.5. The molecule has 0 amide bonds. The molecule has 0 aromatic carbocycles. The number of nitriles is 1. The lowest BCUT2D eigenvalue weighted by Crippen LogP contribution is -2.62. The summed E-state index contributed by atoms with van der Waals surface area (Å²) in [7, 11) is 1.65. The molecule has 1 unspecified atom stereocenters. The Morgan fingerprint density at radius 2 is 1.70 bits per heavy atom. The van der Waals surface area contributed by atoms with Gasteiger partial charge in [-0.2, -0.15) is 5.26 Å². The van der Waals surface area contributed by atoms with E-state index in [1.54, 1.807) is 7.11 Å². The molecule has 8 atom stereocenters. The number of fused-ring (bicyclic) bond motifs is 7. The van der Waals surface area contributed by atoms with Gasteiger partial charge in [-0.3, -0.25) is 9.59 Å². The molecule has 0 aromatic heterocycles. The summed E-state index contributed by atoms with van der Waals surface area (Å²) in [6, 6.07) is 2.20. The molecule has 5 aliphatic carbocycles. The van der Waals surface area contributed by atoms with Gasteiger partial charge in [0.25, 0.3) is 0 Å². The molecule has 0 saturated heterocycles. The molecule has 0 bridgehead atoms. The molecular formula is C32H43NO4. The number of allylic oxidation sites excluding steroid dienone is 4. The molecule has 5 rings (SSSR count). The van der Waals surface area contributed by atoms with Crippen molar-refractivity contribution < 1.29 is 19.4 Å². The summed E-state index contributed by atoms with van der Waals surface area (Å²) in [4.78, 5) is 25.7. The van der Waals surface area contributed by atoms with Crippen LogP contribution in [0.15, 0.2) is 34.9 Å². The minimum Gasteiger partial charge on any atom is -0.481 e. The number of carboxylic acid groups (broad SMARTS) is 1. The molecule has 3 saturated carbocycles. The predicted molar refractivity (Wildman–Crippen MR) is 142 cm³/mol. The molecule has 5 heteroatoms. The minimum absolute atomic E-state index is 0.0141. The number of carbonyl (C=O) groups excluding carboxylic acids is 1. The van der Waals surface area contributed by atoms with Crippen LogP contribution >= 0.6 is 0 Å². The van der Waals surface area contributed by atoms with Crippen molar-refractivity contribution >= 4 is 11.8 Å². The van der Waals surface area contributed by atoms with E-state index in [2.05, 4.69) is 45.9 Å². The molecule has 0 spiro atoms. The van der Waals surface area contributed by atoms with E-state index in [0.717, 1.165) is 56.1 Å². The lowest BCUT2D eigenvalue weighted by Gasteiger charge is -2.70. The zero-order valence-corrected chi connectivity index (χ0v) is 23.7. The predicted octanol–water partition coefficient (Wildman–Crippen LogP) is 6.80. The summed E-state index contributed by atoms with van der Waals surface area (Å²) < 4.78 is 6.02. The van der Waals surface area contributed by atoms with E-state index in [1.165, 1.54) is 5.57 Å². The van der Waals surface area contributed by atoms with Gasteiger partial charge in [-0.05, 0) is 98.2 Å². The molecule has 0 heterocycles. The van der Waals surface area contributed by atoms with Gasteiger partial charge in [-0.15, -0.1) is 0 Å². The third-order valence-corrected chi connectivity index (χ3v) is 12.7. The van der Waals surface area contributed by atoms with Crippen LogP contribution in [0, 0.1) is 50.2 Å². The summed E-state index contributed by atoms with van der Waals surface area (Å²) in [6.07, 6.45) is 13.0. The summed E-state index contributed by atoms with van der Waals surface area (Å²) in [5, 5.41) is 19.6. The number of ketones is 1. The normalized spacial score (nSPS) is 48.7. The average molecular weight is 506 g/mol. The molecule has 0 aliphatic heterocycles. The van der Waals surface area contributed by atoms with Gasteiger partial charge in [0.05, 0.1) is 17.4 Å². The van der Waals surface area contributed by atoms with Gasteiger partial charge in [-0.25, -0.2) is 0 Å². The van der Waals surface area contributed by atoms with Crippen LogP contribution in [0.1, 0.15) is 92.9 Å². The van der Waals surface area contributed by atoms with Crippen LogP contribution in [0.5, 0.6) is 0 Å². The molecule has 1 N–H and O–H groups in total. The van der Waals surface area contributed by atoms with Crippen LogP contribution < -0.4 is 0 Å². The number of hydrogen-bond acceptors (Lipinski definition) is 4. The maximum Gasteiger partial charge on any atom is 0.309 e. The van der Waals surface area contributed by atoms with E-state index in [9.17, 15) is 20.0 Å². The van der Waals surface area contributed by atoms with Crippen molar-refractivity contribution in [2.45, 2.75) is 98.5 Å². The third-order valence-electron chi connectivity index (χ3n) is 12.7. The second-order valence-corrected chi connectivity index (χ2v) is 14.2. The topological polar surface area (TPSA) is 87.4 Å². The Hall–Kier alpha value is -2.19. The van der Waals surface area contributed by atoms with Crippen molar-refractivity contribution in [3.05, 3.63) is 34.9 Å². The lowest BCUT2D eigenvalue weighted by molar-refractivity contribution is -0.178. The standard InChI is InChI=1S/C32H43NO4/c1-27-11-12-28(2,26(35)36)19-25(27)31(5)16-14-29(3)22-18-23(34)21(10-17-33)32(6,37-7)20(22)8-9-24(29)30(31,4)15-13-27/h8-9,18,21,25H,10-16,19H2,1-7H3,(H,35,36)/t21?,25-,27-,28-,29+,30-,31+,32+/m1/s1. The third kappa shape index (κ3) is 3.17. The van der Waals surface area contributed by atoms with E-state index in [1.807, 2.05) is 19.9 Å². The maximum absolute atomic E-state index is 13.4. The molecular weight excluding hydrogens is 462 g/mol. The number of ether oxygens (including phenoxy) is 1. The van der Waals surface area contributed by atoms with Gasteiger partial charge in [0.2, 0.25) is 0 Å². The second-order valence-electron chi connectivity index (χ2n) is 14.2. The fourth-order valence-corrected chi connectivity index (χ4v) is 9.59. The molecule has 200 valence electrons. The van der Waals surface area contributed by atoms with Crippen molar-refractivity contribution in [3.63, 3.8) is 0 Å². The van der Waals surface area contributed by atoms with Crippen molar-refractivity contribution in [2.24, 2.45) is 38.9 Å². The number of nitrogens with zero attached hydrogens (tertiary/aromatic N) is 1. The molecule has 0 aromatic rings. The Morgan fingerprint density at radius 1 is 1.03 bits per heavy atom. The van der Waals surface area contributed by atoms with Crippen molar-refractivity contribution in [2.75, 3.05) is 7.11 Å². The number of methoxy groups -OCH3 is 1. The van der Waals surface area contributed by atoms with Gasteiger partial charge >= 0.3 is 5.97 Å². The van der Waals surface area contributed by atoms with Crippen LogP contribution in [0.4, 0.5) is 0 Å². The van der Waals surface area contributed by atoms with E-state index in [-0.39, 0.29) is 33.9 Å². The molecule has 3 fully saturated rings. The smallest absolute Gasteiger partial charge is 0.309 e. The number of aliphatic carboxylic acids is 1. The van der Waals surface area contributed by atoms with Crippen LogP contribution in [-0.4, -0.2) is 29.6 Å². The Balaban J connectivity index is 1.64. The van der Waals surface area contributed by atoms with Crippen molar-refractivity contribution in [1.82, 2.24) is 0 Å². The number of rotatable bonds is 3. The summed E-state index contributed by atoms with van der Waals surface area (Å²) >= 11 is 0. The fourth-order valence-electron chi connectivity index (χ4n) is 9.59. The first-order chi connectivity index (χ1) is 17.2. The summed E-state index contributed by atoms with van der Waals surface area (Å²) in [6.45, 7) is 13.5. The molecule has 5 aliphatic rings. The van der Waals surface area contributed by atoms with Crippen LogP contribution in [0.3, 0.4) is 0 Å². The Bertz CT molecular complexity index is 1210. The largest absolute Gasteiger partial charge is 0.481 e. The molecule has 0 radical (unpaired) electrons. The van der Waals surface area contributed by atoms with Crippen LogP contribution in [0.25, 0.3) is 0 Å². The van der Waals surface area contributed by atoms with Gasteiger partial charge < -0.3 is 9.84 Å². The first kappa shape index (κ1) is 26.4. The Kier molecular flexibility index (Phi) is 5.65. The maximum atomic E-state index is 13.4. The van der Waals surface area contributed by atoms with Crippen LogP contribution in [0.2, 0.25) is 0 Å². The zero-order chi connectivity index (χ0) is 27.2. The quantitative estimate of drug-likeness (QED) is 0.456. The average Bonchev–Trinajstić information content (AvgIpc) is 2.85. The first-order valence-electron chi connectivity index (χ1n) is 14.0. The second kappa shape index (κ2) is 7.92. The van der Waals surface area contributed by atoms with Gasteiger partial charge in [0, 0.05) is 18.9 Å². The Morgan fingerprint density at radius 3 is 2.32 bits per heavy atom. The fraction of sp³-hybridized carbons (Fsp3) is 0.719. The van der Waals surface area contributed by atoms with E-state index >= 15 is 0 Å². The van der Waals surface area contributed by atoms with E-state index in [4.69, 9.17) is 4.74 Å². The van der Waals surface area contributed by atoms with Gasteiger partial charge in [-0.1, -0.05) is 45.4 Å². The van der Waals surface area contributed by atoms with Gasteiger partial charge in [0.1, 0.15) is 5.60 Å². The highest BCUT2D eigenvalue weighted by Gasteiger charge is 2.68. The Labute approximate surface area is 222 Å². The summed E-state index contributed by atoms with van der Waals surface area (Å²) in [5.74, 6) is -0.852. The monoisotopic (exact) mass is 505 g/mol. The molecule has 5 nitrogen and oxygen atoms in total. The van der Waals surface area contributed by atoms with Crippen molar-refractivity contribution in [1.29, 1.82) is 5.26 Å². The molecule has 37 heavy (non-hydrogen) atoms. The van der Waals surface area contributed by atoms with Crippen LogP contribution in [-0.2, 0) is 14.3 Å². The highest BCUT2D eigenvalue weighted by molar-refractivity contribution is 5.97. The highest BCUT2D eigenvalue weighted by Crippen LogP contribution is 2.75. The zero-order valence-electron chi connectivity index (χ0n) is 23.7.